The van der Waals surface area contributed by atoms with Crippen LogP contribution in [-0.2, 0) is 0 Å². The quantitative estimate of drug-likeness (QED) is 0.732. The van der Waals surface area contributed by atoms with Crippen LogP contribution in [0.25, 0.3) is 17.0 Å². The van der Waals surface area contributed by atoms with E-state index < -0.39 is 0 Å². The van der Waals surface area contributed by atoms with Gasteiger partial charge in [0.05, 0.1) is 0 Å². The Morgan fingerprint density at radius 2 is 2.06 bits per heavy atom. The van der Waals surface area contributed by atoms with Crippen molar-refractivity contribution >= 4 is 5.57 Å². The number of allylic oxidation sites excluding steroid dienone is 3. The second kappa shape index (κ2) is 4.57. The summed E-state index contributed by atoms with van der Waals surface area (Å²) in [6.45, 7) is 5.75. The highest BCUT2D eigenvalue weighted by atomic mass is 16.5. The van der Waals surface area contributed by atoms with Gasteiger partial charge >= 0.3 is 0 Å². The molecule has 0 bridgehead atoms. The average molecular weight is 212 g/mol. The van der Waals surface area contributed by atoms with Crippen molar-refractivity contribution in [1.29, 1.82) is 0 Å². The van der Waals surface area contributed by atoms with Crippen LogP contribution in [0.1, 0.15) is 12.8 Å². The zero-order valence-corrected chi connectivity index (χ0v) is 9.05. The normalized spacial score (nSPS) is 10.8. The molecule has 1 aromatic carbocycles. The van der Waals surface area contributed by atoms with Crippen molar-refractivity contribution in [3.05, 3.63) is 55.0 Å². The minimum absolute atomic E-state index is 0.456. The smallest absolute Gasteiger partial charge is 0.257 e. The van der Waals surface area contributed by atoms with Crippen LogP contribution in [0.2, 0.25) is 0 Å². The van der Waals surface area contributed by atoms with Crippen molar-refractivity contribution < 1.29 is 4.52 Å². The summed E-state index contributed by atoms with van der Waals surface area (Å²) >= 11 is 0. The number of nitrogens with zero attached hydrogens (tertiary/aromatic N) is 2. The van der Waals surface area contributed by atoms with E-state index in [4.69, 9.17) is 4.52 Å². The molecule has 0 radical (unpaired) electrons. The SMILES string of the molecule is C=C(/C=C\C)c1nc(-c2ccccc2)no1. The molecule has 0 atom stereocenters. The molecule has 0 aliphatic carbocycles. The Labute approximate surface area is 94.1 Å². The third-order valence-electron chi connectivity index (χ3n) is 2.10. The van der Waals surface area contributed by atoms with Crippen molar-refractivity contribution in [1.82, 2.24) is 10.1 Å². The van der Waals surface area contributed by atoms with E-state index in [-0.39, 0.29) is 0 Å². The Kier molecular flexibility index (Phi) is 2.96. The minimum atomic E-state index is 0.456. The summed E-state index contributed by atoms with van der Waals surface area (Å²) in [5.41, 5.74) is 1.66. The molecule has 0 N–H and O–H groups in total. The van der Waals surface area contributed by atoms with Gasteiger partial charge in [-0.2, -0.15) is 4.98 Å². The third kappa shape index (κ3) is 2.08. The van der Waals surface area contributed by atoms with Gasteiger partial charge in [-0.1, -0.05) is 54.2 Å². The van der Waals surface area contributed by atoms with E-state index in [9.17, 15) is 0 Å². The molecule has 0 fully saturated rings. The molecule has 1 heterocycles. The van der Waals surface area contributed by atoms with Crippen LogP contribution in [0.3, 0.4) is 0 Å². The standard InChI is InChI=1S/C13H12N2O/c1-3-7-10(2)13-14-12(15-16-13)11-8-5-4-6-9-11/h3-9H,2H2,1H3/b7-3-. The lowest BCUT2D eigenvalue weighted by Crippen LogP contribution is -1.81. The van der Waals surface area contributed by atoms with Gasteiger partial charge in [-0.05, 0) is 6.92 Å². The van der Waals surface area contributed by atoms with E-state index in [1.54, 1.807) is 0 Å². The topological polar surface area (TPSA) is 38.9 Å². The number of rotatable bonds is 3. The van der Waals surface area contributed by atoms with Gasteiger partial charge in [0.25, 0.3) is 5.89 Å². The van der Waals surface area contributed by atoms with E-state index >= 15 is 0 Å². The summed E-state index contributed by atoms with van der Waals surface area (Å²) in [6, 6.07) is 9.70. The fourth-order valence-electron chi connectivity index (χ4n) is 1.33. The van der Waals surface area contributed by atoms with Gasteiger partial charge in [-0.25, -0.2) is 0 Å². The second-order valence-electron chi connectivity index (χ2n) is 3.31. The summed E-state index contributed by atoms with van der Waals surface area (Å²) in [4.78, 5) is 4.27. The van der Waals surface area contributed by atoms with Crippen LogP contribution >= 0.6 is 0 Å². The number of hydrogen-bond donors (Lipinski definition) is 0. The molecule has 0 amide bonds. The maximum Gasteiger partial charge on any atom is 0.257 e. The van der Waals surface area contributed by atoms with Crippen molar-refractivity contribution in [2.75, 3.05) is 0 Å². The Balaban J connectivity index is 2.30. The van der Waals surface area contributed by atoms with Crippen LogP contribution in [0, 0.1) is 0 Å². The summed E-state index contributed by atoms with van der Waals surface area (Å²) in [7, 11) is 0. The zero-order valence-electron chi connectivity index (χ0n) is 9.05. The fourth-order valence-corrected chi connectivity index (χ4v) is 1.33. The molecule has 0 spiro atoms. The van der Waals surface area contributed by atoms with Crippen LogP contribution in [0.15, 0.2) is 53.6 Å². The Bertz CT molecular complexity index is 512. The largest absolute Gasteiger partial charge is 0.334 e. The zero-order chi connectivity index (χ0) is 11.4. The lowest BCUT2D eigenvalue weighted by Gasteiger charge is -1.90. The molecule has 3 nitrogen and oxygen atoms in total. The molecule has 16 heavy (non-hydrogen) atoms. The maximum absolute atomic E-state index is 5.12. The first-order valence-electron chi connectivity index (χ1n) is 5.02. The van der Waals surface area contributed by atoms with Gasteiger partial charge in [-0.3, -0.25) is 0 Å². The molecule has 1 aromatic heterocycles. The molecule has 0 unspecified atom stereocenters. The molecular weight excluding hydrogens is 200 g/mol. The van der Waals surface area contributed by atoms with Gasteiger partial charge in [0.2, 0.25) is 5.82 Å². The van der Waals surface area contributed by atoms with E-state index in [0.717, 1.165) is 11.1 Å². The molecule has 0 aliphatic heterocycles. The van der Waals surface area contributed by atoms with E-state index in [0.29, 0.717) is 11.7 Å². The fraction of sp³-hybridized carbons (Fsp3) is 0.0769. The summed E-state index contributed by atoms with van der Waals surface area (Å²) in [5.74, 6) is 1.04. The van der Waals surface area contributed by atoms with Gasteiger partial charge in [0.15, 0.2) is 0 Å². The van der Waals surface area contributed by atoms with Gasteiger partial charge in [0.1, 0.15) is 0 Å². The van der Waals surface area contributed by atoms with E-state index in [1.165, 1.54) is 0 Å². The van der Waals surface area contributed by atoms with Crippen molar-refractivity contribution in [2.45, 2.75) is 6.92 Å². The molecule has 0 saturated carbocycles. The van der Waals surface area contributed by atoms with Gasteiger partial charge in [0, 0.05) is 11.1 Å². The number of benzene rings is 1. The van der Waals surface area contributed by atoms with E-state index in [1.807, 2.05) is 49.4 Å². The van der Waals surface area contributed by atoms with Crippen molar-refractivity contribution in [2.24, 2.45) is 0 Å². The predicted octanol–water partition coefficient (Wildman–Crippen LogP) is 3.33. The number of hydrogen-bond acceptors (Lipinski definition) is 3. The monoisotopic (exact) mass is 212 g/mol. The van der Waals surface area contributed by atoms with Crippen LogP contribution in [0.4, 0.5) is 0 Å². The lowest BCUT2D eigenvalue weighted by molar-refractivity contribution is 0.409. The molecular formula is C13H12N2O. The predicted molar refractivity (Wildman–Crippen MR) is 63.6 cm³/mol. The van der Waals surface area contributed by atoms with Gasteiger partial charge in [-0.15, -0.1) is 0 Å². The molecule has 2 rings (SSSR count). The van der Waals surface area contributed by atoms with Crippen molar-refractivity contribution in [3.63, 3.8) is 0 Å². The average Bonchev–Trinajstić information content (AvgIpc) is 2.80. The molecule has 0 saturated heterocycles. The Hall–Kier alpha value is -2.16. The maximum atomic E-state index is 5.12. The van der Waals surface area contributed by atoms with Crippen LogP contribution < -0.4 is 0 Å². The first-order chi connectivity index (χ1) is 7.81. The Morgan fingerprint density at radius 3 is 2.75 bits per heavy atom. The number of aromatic nitrogens is 2. The molecule has 80 valence electrons. The summed E-state index contributed by atoms with van der Waals surface area (Å²) < 4.78 is 5.12. The molecule has 3 heteroatoms. The minimum Gasteiger partial charge on any atom is -0.334 e. The van der Waals surface area contributed by atoms with E-state index in [2.05, 4.69) is 16.7 Å². The molecule has 0 aliphatic rings. The highest BCUT2D eigenvalue weighted by Crippen LogP contribution is 2.18. The lowest BCUT2D eigenvalue weighted by atomic mass is 10.2. The van der Waals surface area contributed by atoms with Crippen LogP contribution in [-0.4, -0.2) is 10.1 Å². The van der Waals surface area contributed by atoms with Crippen molar-refractivity contribution in [3.8, 4) is 11.4 Å². The Morgan fingerprint density at radius 1 is 1.31 bits per heavy atom. The summed E-state index contributed by atoms with van der Waals surface area (Å²) in [5, 5.41) is 3.91. The van der Waals surface area contributed by atoms with Gasteiger partial charge < -0.3 is 4.52 Å². The first-order valence-corrected chi connectivity index (χ1v) is 5.02. The van der Waals surface area contributed by atoms with Crippen LogP contribution in [0.5, 0.6) is 0 Å². The second-order valence-corrected chi connectivity index (χ2v) is 3.31. The highest BCUT2D eigenvalue weighted by Gasteiger charge is 2.08. The molecule has 2 aromatic rings. The summed E-state index contributed by atoms with van der Waals surface area (Å²) in [6.07, 6.45) is 3.72. The highest BCUT2D eigenvalue weighted by molar-refractivity contribution is 5.67. The third-order valence-corrected chi connectivity index (χ3v) is 2.10. The first kappa shape index (κ1) is 10.4.